The summed E-state index contributed by atoms with van der Waals surface area (Å²) in [4.78, 5) is 5.21. The van der Waals surface area contributed by atoms with Gasteiger partial charge in [0.25, 0.3) is 10.0 Å². The summed E-state index contributed by atoms with van der Waals surface area (Å²) in [5.41, 5.74) is 1.17. The van der Waals surface area contributed by atoms with E-state index >= 15 is 0 Å². The molecule has 1 aliphatic heterocycles. The van der Waals surface area contributed by atoms with E-state index in [0.717, 1.165) is 29.0 Å². The molecule has 31 heavy (non-hydrogen) atoms. The molecule has 2 heterocycles. The molecule has 2 aromatic carbocycles. The van der Waals surface area contributed by atoms with Crippen molar-refractivity contribution >= 4 is 43.8 Å². The molecule has 3 aromatic rings. The number of nitrogens with zero attached hydrogens (tertiary/aromatic N) is 2. The van der Waals surface area contributed by atoms with Crippen LogP contribution in [0, 0.1) is 5.82 Å². The maximum Gasteiger partial charge on any atom is 0.266 e. The van der Waals surface area contributed by atoms with Gasteiger partial charge < -0.3 is 5.32 Å². The Kier molecular flexibility index (Phi) is 6.42. The van der Waals surface area contributed by atoms with Gasteiger partial charge in [0, 0.05) is 31.2 Å². The Morgan fingerprint density at radius 1 is 1.26 bits per heavy atom. The average Bonchev–Trinajstić information content (AvgIpc) is 3.21. The van der Waals surface area contributed by atoms with Crippen LogP contribution in [0.2, 0.25) is 5.02 Å². The van der Waals surface area contributed by atoms with E-state index in [-0.39, 0.29) is 21.9 Å². The quantitative estimate of drug-likeness (QED) is 0.491. The van der Waals surface area contributed by atoms with Crippen LogP contribution in [-0.2, 0) is 10.0 Å². The summed E-state index contributed by atoms with van der Waals surface area (Å²) in [6.45, 7) is 1.17. The Balaban J connectivity index is 1.58. The third-order valence-corrected chi connectivity index (χ3v) is 7.33. The van der Waals surface area contributed by atoms with Crippen LogP contribution >= 0.6 is 22.9 Å². The van der Waals surface area contributed by atoms with E-state index in [1.807, 2.05) is 35.2 Å². The fraction of sp³-hybridized carbons (Fsp3) is 0.250. The van der Waals surface area contributed by atoms with Crippen molar-refractivity contribution in [2.75, 3.05) is 29.7 Å². The van der Waals surface area contributed by atoms with Crippen molar-refractivity contribution in [3.63, 3.8) is 0 Å². The van der Waals surface area contributed by atoms with Crippen molar-refractivity contribution in [3.05, 3.63) is 70.4 Å². The van der Waals surface area contributed by atoms with Gasteiger partial charge in [0.05, 0.1) is 16.8 Å². The third-order valence-electron chi connectivity index (χ3n) is 4.85. The molecule has 0 spiro atoms. The Hall–Kier alpha value is -2.27. The van der Waals surface area contributed by atoms with Crippen LogP contribution in [0.5, 0.6) is 0 Å². The molecule has 1 aromatic heterocycles. The first-order chi connectivity index (χ1) is 14.8. The van der Waals surface area contributed by atoms with Gasteiger partial charge in [-0.25, -0.2) is 22.2 Å². The van der Waals surface area contributed by atoms with Crippen LogP contribution in [0.1, 0.15) is 11.6 Å². The Morgan fingerprint density at radius 2 is 2.00 bits per heavy atom. The van der Waals surface area contributed by atoms with E-state index in [1.54, 1.807) is 5.38 Å². The van der Waals surface area contributed by atoms with Crippen LogP contribution in [0.25, 0.3) is 0 Å². The standard InChI is InChI=1S/C20H19ClF2N4O2S2/c21-15-8-19(31(28,29)26-20-24-6-7-30-20)16(23)9-17(15)25-18(12-27-10-14(22)11-27)13-4-2-1-3-5-13/h1-9,14,18,25H,10-12H2,(H,24,26)/t18-/m1/s1. The number of halogens is 3. The molecule has 11 heteroatoms. The second-order valence-corrected chi connectivity index (χ2v) is 10.1. The number of thiazole rings is 1. The zero-order chi connectivity index (χ0) is 22.0. The van der Waals surface area contributed by atoms with Gasteiger partial charge >= 0.3 is 0 Å². The Morgan fingerprint density at radius 3 is 2.65 bits per heavy atom. The molecule has 0 bridgehead atoms. The number of benzene rings is 2. The smallest absolute Gasteiger partial charge is 0.266 e. The predicted molar refractivity (Wildman–Crippen MR) is 118 cm³/mol. The summed E-state index contributed by atoms with van der Waals surface area (Å²) in [6.07, 6.45) is 0.596. The normalized spacial score (nSPS) is 16.0. The number of hydrogen-bond donors (Lipinski definition) is 2. The van der Waals surface area contributed by atoms with Gasteiger partial charge in [-0.05, 0) is 17.7 Å². The third kappa shape index (κ3) is 5.15. The number of likely N-dealkylation sites (tertiary alicyclic amines) is 1. The van der Waals surface area contributed by atoms with E-state index in [0.29, 0.717) is 19.6 Å². The van der Waals surface area contributed by atoms with E-state index in [2.05, 4.69) is 15.0 Å². The number of sulfonamides is 1. The lowest BCUT2D eigenvalue weighted by molar-refractivity contribution is 0.0622. The molecule has 1 atom stereocenters. The zero-order valence-electron chi connectivity index (χ0n) is 16.1. The Labute approximate surface area is 187 Å². The minimum Gasteiger partial charge on any atom is -0.376 e. The highest BCUT2D eigenvalue weighted by molar-refractivity contribution is 7.93. The fourth-order valence-electron chi connectivity index (χ4n) is 3.31. The summed E-state index contributed by atoms with van der Waals surface area (Å²) in [5, 5.41) is 4.96. The van der Waals surface area contributed by atoms with E-state index in [9.17, 15) is 17.2 Å². The first-order valence-corrected chi connectivity index (χ1v) is 12.1. The summed E-state index contributed by atoms with van der Waals surface area (Å²) in [5.74, 6) is -0.949. The SMILES string of the molecule is O=S(=O)(Nc1nccs1)c1cc(Cl)c(N[C@H](CN2CC(F)C2)c2ccccc2)cc1F. The van der Waals surface area contributed by atoms with Crippen molar-refractivity contribution in [1.82, 2.24) is 9.88 Å². The molecule has 0 radical (unpaired) electrons. The van der Waals surface area contributed by atoms with Gasteiger partial charge in [-0.1, -0.05) is 41.9 Å². The van der Waals surface area contributed by atoms with Crippen LogP contribution < -0.4 is 10.0 Å². The minimum atomic E-state index is -4.19. The first kappa shape index (κ1) is 21.9. The van der Waals surface area contributed by atoms with Gasteiger partial charge in [0.2, 0.25) is 0 Å². The van der Waals surface area contributed by atoms with E-state index < -0.39 is 26.9 Å². The lowest BCUT2D eigenvalue weighted by Gasteiger charge is -2.37. The van der Waals surface area contributed by atoms with Crippen LogP contribution in [0.3, 0.4) is 0 Å². The lowest BCUT2D eigenvalue weighted by Crippen LogP contribution is -2.50. The summed E-state index contributed by atoms with van der Waals surface area (Å²) >= 11 is 7.40. The molecule has 164 valence electrons. The molecule has 1 fully saturated rings. The number of hydrogen-bond acceptors (Lipinski definition) is 6. The maximum atomic E-state index is 14.8. The molecule has 0 aliphatic carbocycles. The molecular weight excluding hydrogens is 466 g/mol. The largest absolute Gasteiger partial charge is 0.376 e. The van der Waals surface area contributed by atoms with E-state index in [1.165, 1.54) is 6.20 Å². The van der Waals surface area contributed by atoms with Crippen LogP contribution in [0.4, 0.5) is 19.6 Å². The van der Waals surface area contributed by atoms with Gasteiger partial charge in [-0.3, -0.25) is 9.62 Å². The summed E-state index contributed by atoms with van der Waals surface area (Å²) in [7, 11) is -4.19. The monoisotopic (exact) mass is 484 g/mol. The number of rotatable bonds is 8. The highest BCUT2D eigenvalue weighted by atomic mass is 35.5. The first-order valence-electron chi connectivity index (χ1n) is 9.41. The second kappa shape index (κ2) is 9.07. The van der Waals surface area contributed by atoms with Crippen LogP contribution in [-0.4, -0.2) is 44.1 Å². The molecule has 0 amide bonds. The summed E-state index contributed by atoms with van der Waals surface area (Å²) in [6, 6.07) is 11.3. The fourth-order valence-corrected chi connectivity index (χ4v) is 5.47. The molecule has 1 saturated heterocycles. The highest BCUT2D eigenvalue weighted by Gasteiger charge is 2.29. The molecule has 6 nitrogen and oxygen atoms in total. The maximum absolute atomic E-state index is 14.8. The lowest BCUT2D eigenvalue weighted by atomic mass is 10.0. The average molecular weight is 485 g/mol. The van der Waals surface area contributed by atoms with Gasteiger partial charge in [0.1, 0.15) is 16.9 Å². The number of aromatic nitrogens is 1. The molecule has 0 unspecified atom stereocenters. The number of alkyl halides is 1. The topological polar surface area (TPSA) is 74.3 Å². The molecule has 0 saturated carbocycles. The van der Waals surface area contributed by atoms with Gasteiger partial charge in [-0.15, -0.1) is 11.3 Å². The number of nitrogens with one attached hydrogen (secondary N) is 2. The van der Waals surface area contributed by atoms with Crippen molar-refractivity contribution in [1.29, 1.82) is 0 Å². The second-order valence-electron chi connectivity index (χ2n) is 7.13. The van der Waals surface area contributed by atoms with Crippen molar-refractivity contribution in [3.8, 4) is 0 Å². The molecule has 4 rings (SSSR count). The van der Waals surface area contributed by atoms with Crippen molar-refractivity contribution < 1.29 is 17.2 Å². The zero-order valence-corrected chi connectivity index (χ0v) is 18.5. The molecule has 2 N–H and O–H groups in total. The van der Waals surface area contributed by atoms with E-state index in [4.69, 9.17) is 11.6 Å². The van der Waals surface area contributed by atoms with Gasteiger partial charge in [-0.2, -0.15) is 0 Å². The predicted octanol–water partition coefficient (Wildman–Crippen LogP) is 4.54. The summed E-state index contributed by atoms with van der Waals surface area (Å²) < 4.78 is 55.4. The molecular formula is C20H19ClF2N4O2S2. The number of anilines is 2. The highest BCUT2D eigenvalue weighted by Crippen LogP contribution is 2.32. The van der Waals surface area contributed by atoms with Crippen molar-refractivity contribution in [2.24, 2.45) is 0 Å². The van der Waals surface area contributed by atoms with Crippen molar-refractivity contribution in [2.45, 2.75) is 17.1 Å². The van der Waals surface area contributed by atoms with Gasteiger partial charge in [0.15, 0.2) is 5.13 Å². The minimum absolute atomic E-state index is 0.0498. The van der Waals surface area contributed by atoms with Crippen LogP contribution in [0.15, 0.2) is 58.9 Å². The molecule has 1 aliphatic rings. The Bertz CT molecular complexity index is 1140.